The van der Waals surface area contributed by atoms with E-state index in [4.69, 9.17) is 9.05 Å². The summed E-state index contributed by atoms with van der Waals surface area (Å²) in [5.74, 6) is -0.205. The van der Waals surface area contributed by atoms with Crippen LogP contribution in [0, 0.1) is 0 Å². The van der Waals surface area contributed by atoms with Gasteiger partial charge < -0.3 is 28.8 Å². The SMILES string of the molecule is CCCC/C=C/CC/C=C/C(O)C(COP(=O)([O-])OCC[N+](C)(C)C)NC(=O)CCCCCCCCCCCCCCCCCCCCCCCCCCCCCCCCCCCCCCCCCCC. The quantitative estimate of drug-likeness (QED) is 0.0272. The van der Waals surface area contributed by atoms with Crippen LogP contribution in [0.15, 0.2) is 24.3 Å². The highest BCUT2D eigenvalue weighted by Gasteiger charge is 2.23. The van der Waals surface area contributed by atoms with E-state index >= 15 is 0 Å². The van der Waals surface area contributed by atoms with Crippen LogP contribution in [0.25, 0.3) is 0 Å². The van der Waals surface area contributed by atoms with E-state index in [0.717, 1.165) is 38.5 Å². The van der Waals surface area contributed by atoms with Crippen molar-refractivity contribution in [2.24, 2.45) is 0 Å². The van der Waals surface area contributed by atoms with E-state index in [1.54, 1.807) is 6.08 Å². The van der Waals surface area contributed by atoms with E-state index in [1.807, 2.05) is 27.2 Å². The van der Waals surface area contributed by atoms with E-state index in [2.05, 4.69) is 31.3 Å². The lowest BCUT2D eigenvalue weighted by Gasteiger charge is -2.29. The zero-order chi connectivity index (χ0) is 52.0. The Hall–Kier alpha value is -1.02. The second-order valence-corrected chi connectivity index (χ2v) is 24.2. The molecule has 71 heavy (non-hydrogen) atoms. The number of carbonyl (C=O) groups excluding carboxylic acids is 1. The number of aliphatic hydroxyl groups excluding tert-OH is 1. The average molecular weight is 1020 g/mol. The van der Waals surface area contributed by atoms with Gasteiger partial charge in [0.05, 0.1) is 39.9 Å². The van der Waals surface area contributed by atoms with Gasteiger partial charge in [-0.1, -0.05) is 308 Å². The Kier molecular flexibility index (Phi) is 53.0. The van der Waals surface area contributed by atoms with Crippen LogP contribution in [0.4, 0.5) is 0 Å². The molecule has 0 saturated carbocycles. The smallest absolute Gasteiger partial charge is 0.268 e. The van der Waals surface area contributed by atoms with Crippen LogP contribution in [0.5, 0.6) is 0 Å². The Labute approximate surface area is 443 Å². The fourth-order valence-electron chi connectivity index (χ4n) is 9.51. The second kappa shape index (κ2) is 53.8. The number of nitrogens with zero attached hydrogens (tertiary/aromatic N) is 1. The summed E-state index contributed by atoms with van der Waals surface area (Å²) in [4.78, 5) is 25.3. The van der Waals surface area contributed by atoms with Crippen LogP contribution in [0.3, 0.4) is 0 Å². The molecule has 0 aromatic carbocycles. The highest BCUT2D eigenvalue weighted by Crippen LogP contribution is 2.38. The van der Waals surface area contributed by atoms with Crippen molar-refractivity contribution in [2.45, 2.75) is 328 Å². The molecule has 1 amide bonds. The Morgan fingerprint density at radius 3 is 1.13 bits per heavy atom. The molecule has 9 heteroatoms. The highest BCUT2D eigenvalue weighted by molar-refractivity contribution is 7.45. The summed E-state index contributed by atoms with van der Waals surface area (Å²) in [7, 11) is 1.25. The number of phosphoric ester groups is 1. The number of aliphatic hydroxyl groups is 1. The van der Waals surface area contributed by atoms with Gasteiger partial charge in [0.2, 0.25) is 5.91 Å². The topological polar surface area (TPSA) is 108 Å². The molecular weight excluding hydrogens is 900 g/mol. The fourth-order valence-corrected chi connectivity index (χ4v) is 10.2. The second-order valence-electron chi connectivity index (χ2n) is 22.8. The minimum atomic E-state index is -4.59. The van der Waals surface area contributed by atoms with Crippen LogP contribution in [-0.2, 0) is 18.4 Å². The van der Waals surface area contributed by atoms with Gasteiger partial charge in [-0.3, -0.25) is 9.36 Å². The fraction of sp³-hybridized carbons (Fsp3) is 0.919. The van der Waals surface area contributed by atoms with Gasteiger partial charge in [0.25, 0.3) is 7.82 Å². The number of amides is 1. The number of phosphoric acid groups is 1. The zero-order valence-corrected chi connectivity index (χ0v) is 49.1. The number of unbranched alkanes of at least 4 members (excludes halogenated alkanes) is 43. The molecule has 0 rings (SSSR count). The molecule has 0 aromatic heterocycles. The molecule has 0 bridgehead atoms. The third-order valence-corrected chi connectivity index (χ3v) is 15.4. The predicted octanol–water partition coefficient (Wildman–Crippen LogP) is 18.5. The Bertz CT molecular complexity index is 1210. The third kappa shape index (κ3) is 56.5. The van der Waals surface area contributed by atoms with Crippen molar-refractivity contribution in [3.05, 3.63) is 24.3 Å². The van der Waals surface area contributed by atoms with Gasteiger partial charge in [-0.05, 0) is 25.7 Å². The van der Waals surface area contributed by atoms with Gasteiger partial charge in [-0.15, -0.1) is 0 Å². The molecule has 0 fully saturated rings. The minimum Gasteiger partial charge on any atom is -0.756 e. The molecule has 0 saturated heterocycles. The summed E-state index contributed by atoms with van der Waals surface area (Å²) in [6.45, 7) is 4.58. The first kappa shape index (κ1) is 70.0. The maximum absolute atomic E-state index is 12.9. The summed E-state index contributed by atoms with van der Waals surface area (Å²) >= 11 is 0. The number of nitrogens with one attached hydrogen (secondary N) is 1. The maximum atomic E-state index is 12.9. The van der Waals surface area contributed by atoms with Crippen LogP contribution in [0.1, 0.15) is 316 Å². The number of hydrogen-bond acceptors (Lipinski definition) is 6. The molecule has 3 atom stereocenters. The first-order valence-electron chi connectivity index (χ1n) is 31.2. The van der Waals surface area contributed by atoms with Crippen molar-refractivity contribution < 1.29 is 32.9 Å². The van der Waals surface area contributed by atoms with Gasteiger partial charge in [0.15, 0.2) is 0 Å². The van der Waals surface area contributed by atoms with E-state index < -0.39 is 20.0 Å². The molecule has 0 heterocycles. The number of likely N-dealkylation sites (N-methyl/N-ethyl adjacent to an activating group) is 1. The van der Waals surface area contributed by atoms with Crippen molar-refractivity contribution in [1.82, 2.24) is 5.32 Å². The molecule has 2 N–H and O–H groups in total. The zero-order valence-electron chi connectivity index (χ0n) is 48.2. The lowest BCUT2D eigenvalue weighted by Crippen LogP contribution is -2.45. The van der Waals surface area contributed by atoms with E-state index in [9.17, 15) is 19.4 Å². The number of carbonyl (C=O) groups is 1. The summed E-state index contributed by atoms with van der Waals surface area (Å²) in [5, 5.41) is 13.7. The molecule has 8 nitrogen and oxygen atoms in total. The molecule has 0 aliphatic carbocycles. The normalized spacial score (nSPS) is 14.0. The largest absolute Gasteiger partial charge is 0.756 e. The molecule has 0 radical (unpaired) electrons. The molecule has 0 aliphatic rings. The number of hydrogen-bond donors (Lipinski definition) is 2. The first-order valence-corrected chi connectivity index (χ1v) is 32.7. The number of rotatable bonds is 58. The van der Waals surface area contributed by atoms with E-state index in [-0.39, 0.29) is 19.1 Å². The molecule has 422 valence electrons. The van der Waals surface area contributed by atoms with Crippen LogP contribution in [-0.4, -0.2) is 68.5 Å². The molecular formula is C62H123N2O6P. The lowest BCUT2D eigenvalue weighted by molar-refractivity contribution is -0.870. The van der Waals surface area contributed by atoms with Crippen molar-refractivity contribution in [2.75, 3.05) is 40.9 Å². The maximum Gasteiger partial charge on any atom is 0.268 e. The van der Waals surface area contributed by atoms with Gasteiger partial charge in [-0.2, -0.15) is 0 Å². The number of quaternary nitrogens is 1. The molecule has 0 spiro atoms. The van der Waals surface area contributed by atoms with E-state index in [1.165, 1.54) is 257 Å². The van der Waals surface area contributed by atoms with Crippen LogP contribution in [0.2, 0.25) is 0 Å². The Balaban J connectivity index is 3.69. The van der Waals surface area contributed by atoms with Crippen molar-refractivity contribution in [3.63, 3.8) is 0 Å². The van der Waals surface area contributed by atoms with Crippen molar-refractivity contribution in [1.29, 1.82) is 0 Å². The summed E-state index contributed by atoms with van der Waals surface area (Å²) in [5.41, 5.74) is 0. The van der Waals surface area contributed by atoms with Gasteiger partial charge in [-0.25, -0.2) is 0 Å². The van der Waals surface area contributed by atoms with Gasteiger partial charge in [0.1, 0.15) is 13.2 Å². The first-order chi connectivity index (χ1) is 34.5. The monoisotopic (exact) mass is 1020 g/mol. The highest BCUT2D eigenvalue weighted by atomic mass is 31.2. The molecule has 3 unspecified atom stereocenters. The predicted molar refractivity (Wildman–Crippen MR) is 307 cm³/mol. The molecule has 0 aromatic rings. The Morgan fingerprint density at radius 1 is 0.479 bits per heavy atom. The van der Waals surface area contributed by atoms with E-state index in [0.29, 0.717) is 17.4 Å². The Morgan fingerprint density at radius 2 is 0.789 bits per heavy atom. The van der Waals surface area contributed by atoms with Crippen molar-refractivity contribution in [3.8, 4) is 0 Å². The number of allylic oxidation sites excluding steroid dienone is 3. The van der Waals surface area contributed by atoms with Crippen LogP contribution < -0.4 is 10.2 Å². The summed E-state index contributed by atoms with van der Waals surface area (Å²) in [6.07, 6.45) is 69.2. The van der Waals surface area contributed by atoms with Crippen molar-refractivity contribution >= 4 is 13.7 Å². The van der Waals surface area contributed by atoms with Gasteiger partial charge >= 0.3 is 0 Å². The lowest BCUT2D eigenvalue weighted by atomic mass is 10.0. The summed E-state index contributed by atoms with van der Waals surface area (Å²) < 4.78 is 23.2. The third-order valence-electron chi connectivity index (χ3n) is 14.4. The minimum absolute atomic E-state index is 0.00462. The summed E-state index contributed by atoms with van der Waals surface area (Å²) in [6, 6.07) is -0.898. The molecule has 0 aliphatic heterocycles. The average Bonchev–Trinajstić information content (AvgIpc) is 3.33. The standard InChI is InChI=1S/C62H123N2O6P/c1-6-8-10-12-14-16-17-18-19-20-21-22-23-24-25-26-27-28-29-30-31-32-33-34-35-36-37-38-39-40-41-42-43-44-45-46-47-48-50-52-54-56-62(66)63-60(59-70-71(67,68)69-58-57-64(3,4)5)61(65)55-53-51-49-15-13-11-9-7-2/h13,15,53,55,60-61,65H,6-12,14,16-52,54,56-59H2,1-5H3,(H-,63,66,67,68)/b15-13+,55-53+. The van der Waals surface area contributed by atoms with Gasteiger partial charge in [0, 0.05) is 6.42 Å². The van der Waals surface area contributed by atoms with Crippen LogP contribution >= 0.6 is 7.82 Å².